The lowest BCUT2D eigenvalue weighted by Gasteiger charge is -2.29. The Hall–Kier alpha value is -1.64. The van der Waals surface area contributed by atoms with E-state index in [9.17, 15) is 0 Å². The summed E-state index contributed by atoms with van der Waals surface area (Å²) in [5, 5.41) is 0. The van der Waals surface area contributed by atoms with Crippen LogP contribution in [0.3, 0.4) is 0 Å². The molecule has 2 nitrogen and oxygen atoms in total. The largest absolute Gasteiger partial charge is 0.373 e. The summed E-state index contributed by atoms with van der Waals surface area (Å²) in [5.74, 6) is 0. The molecule has 2 unspecified atom stereocenters. The van der Waals surface area contributed by atoms with Crippen molar-refractivity contribution in [2.45, 2.75) is 38.9 Å². The van der Waals surface area contributed by atoms with E-state index < -0.39 is 0 Å². The van der Waals surface area contributed by atoms with Gasteiger partial charge in [-0.1, -0.05) is 62.4 Å². The van der Waals surface area contributed by atoms with Gasteiger partial charge in [0, 0.05) is 0 Å². The third-order valence-corrected chi connectivity index (χ3v) is 4.40. The van der Waals surface area contributed by atoms with Crippen LogP contribution in [-0.4, -0.2) is 19.3 Å². The van der Waals surface area contributed by atoms with Crippen LogP contribution in [0.5, 0.6) is 0 Å². The molecule has 116 valence electrons. The molecule has 0 bridgehead atoms. The van der Waals surface area contributed by atoms with Crippen LogP contribution in [0.4, 0.5) is 0 Å². The third kappa shape index (κ3) is 3.40. The summed E-state index contributed by atoms with van der Waals surface area (Å²) >= 11 is 0. The molecule has 1 aliphatic heterocycles. The average molecular weight is 296 g/mol. The van der Waals surface area contributed by atoms with E-state index in [1.54, 1.807) is 0 Å². The second kappa shape index (κ2) is 7.08. The van der Waals surface area contributed by atoms with Crippen LogP contribution in [0, 0.1) is 0 Å². The van der Waals surface area contributed by atoms with E-state index in [0.29, 0.717) is 13.2 Å². The minimum Gasteiger partial charge on any atom is -0.373 e. The van der Waals surface area contributed by atoms with Gasteiger partial charge in [0.05, 0.1) is 19.3 Å². The number of aryl methyl sites for hydroxylation is 1. The van der Waals surface area contributed by atoms with Crippen molar-refractivity contribution in [1.29, 1.82) is 0 Å². The minimum atomic E-state index is 0.0688. The second-order valence-corrected chi connectivity index (χ2v) is 5.86. The first-order valence-corrected chi connectivity index (χ1v) is 8.22. The molecule has 0 aromatic heterocycles. The molecule has 3 rings (SSSR count). The maximum Gasteiger partial charge on any atom is 0.106 e. The Morgan fingerprint density at radius 2 is 1.45 bits per heavy atom. The molecule has 2 aromatic carbocycles. The fourth-order valence-electron chi connectivity index (χ4n) is 2.79. The highest BCUT2D eigenvalue weighted by molar-refractivity contribution is 5.64. The molecule has 2 aromatic rings. The highest BCUT2D eigenvalue weighted by Crippen LogP contribution is 2.27. The molecule has 0 saturated carbocycles. The Labute approximate surface area is 133 Å². The zero-order valence-corrected chi connectivity index (χ0v) is 13.4. The highest BCUT2D eigenvalue weighted by Gasteiger charge is 2.22. The summed E-state index contributed by atoms with van der Waals surface area (Å²) in [5.41, 5.74) is 5.08. The van der Waals surface area contributed by atoms with Crippen LogP contribution in [0.25, 0.3) is 11.1 Å². The molecule has 0 amide bonds. The lowest BCUT2D eigenvalue weighted by Crippen LogP contribution is -2.30. The molecule has 0 spiro atoms. The summed E-state index contributed by atoms with van der Waals surface area (Å²) in [7, 11) is 0. The lowest BCUT2D eigenvalue weighted by atomic mass is 10.00. The molecule has 1 fully saturated rings. The standard InChI is InChI=1S/C20H24O2/c1-3-15-5-7-16(8-6-15)17-9-11-18(12-10-17)20-14-21-19(4-2)13-22-20/h5-12,19-20H,3-4,13-14H2,1-2H3. The average Bonchev–Trinajstić information content (AvgIpc) is 2.62. The number of hydrogen-bond acceptors (Lipinski definition) is 2. The van der Waals surface area contributed by atoms with Crippen molar-refractivity contribution >= 4 is 0 Å². The lowest BCUT2D eigenvalue weighted by molar-refractivity contribution is -0.135. The first kappa shape index (κ1) is 15.3. The van der Waals surface area contributed by atoms with Gasteiger partial charge in [0.2, 0.25) is 0 Å². The molecule has 0 N–H and O–H groups in total. The van der Waals surface area contributed by atoms with Crippen molar-refractivity contribution in [2.75, 3.05) is 13.2 Å². The van der Waals surface area contributed by atoms with Gasteiger partial charge in [0.25, 0.3) is 0 Å². The number of rotatable bonds is 4. The van der Waals surface area contributed by atoms with E-state index in [4.69, 9.17) is 9.47 Å². The fraction of sp³-hybridized carbons (Fsp3) is 0.400. The Morgan fingerprint density at radius 1 is 0.818 bits per heavy atom. The van der Waals surface area contributed by atoms with Gasteiger partial charge >= 0.3 is 0 Å². The van der Waals surface area contributed by atoms with Crippen LogP contribution >= 0.6 is 0 Å². The molecule has 0 radical (unpaired) electrons. The first-order chi connectivity index (χ1) is 10.8. The predicted molar refractivity (Wildman–Crippen MR) is 90.0 cm³/mol. The van der Waals surface area contributed by atoms with Gasteiger partial charge in [-0.15, -0.1) is 0 Å². The monoisotopic (exact) mass is 296 g/mol. The molecule has 2 heteroatoms. The number of hydrogen-bond donors (Lipinski definition) is 0. The molecule has 1 aliphatic rings. The Bertz CT molecular complexity index is 578. The maximum absolute atomic E-state index is 5.92. The van der Waals surface area contributed by atoms with Crippen LogP contribution in [-0.2, 0) is 15.9 Å². The van der Waals surface area contributed by atoms with Gasteiger partial charge in [-0.3, -0.25) is 0 Å². The molecule has 1 heterocycles. The van der Waals surface area contributed by atoms with Crippen LogP contribution in [0.15, 0.2) is 48.5 Å². The maximum atomic E-state index is 5.92. The third-order valence-electron chi connectivity index (χ3n) is 4.40. The van der Waals surface area contributed by atoms with Gasteiger partial charge in [0.15, 0.2) is 0 Å². The van der Waals surface area contributed by atoms with E-state index in [-0.39, 0.29) is 12.2 Å². The van der Waals surface area contributed by atoms with E-state index in [2.05, 4.69) is 62.4 Å². The van der Waals surface area contributed by atoms with Crippen molar-refractivity contribution in [3.8, 4) is 11.1 Å². The summed E-state index contributed by atoms with van der Waals surface area (Å²) in [4.78, 5) is 0. The topological polar surface area (TPSA) is 18.5 Å². The Kier molecular flexibility index (Phi) is 4.91. The van der Waals surface area contributed by atoms with Crippen molar-refractivity contribution < 1.29 is 9.47 Å². The van der Waals surface area contributed by atoms with E-state index in [1.807, 2.05) is 0 Å². The zero-order valence-electron chi connectivity index (χ0n) is 13.4. The predicted octanol–water partition coefficient (Wildman–Crippen LogP) is 4.78. The van der Waals surface area contributed by atoms with Crippen molar-refractivity contribution in [3.05, 3.63) is 59.7 Å². The molecule has 1 saturated heterocycles. The van der Waals surface area contributed by atoms with E-state index in [0.717, 1.165) is 12.8 Å². The van der Waals surface area contributed by atoms with Crippen LogP contribution in [0.2, 0.25) is 0 Å². The molecule has 2 atom stereocenters. The van der Waals surface area contributed by atoms with Gasteiger partial charge in [0.1, 0.15) is 6.10 Å². The Morgan fingerprint density at radius 3 is 1.95 bits per heavy atom. The normalized spacial score (nSPS) is 21.7. The van der Waals surface area contributed by atoms with Crippen molar-refractivity contribution in [3.63, 3.8) is 0 Å². The van der Waals surface area contributed by atoms with Gasteiger partial charge in [-0.25, -0.2) is 0 Å². The first-order valence-electron chi connectivity index (χ1n) is 8.22. The molecular weight excluding hydrogens is 272 g/mol. The van der Waals surface area contributed by atoms with Crippen LogP contribution < -0.4 is 0 Å². The van der Waals surface area contributed by atoms with E-state index >= 15 is 0 Å². The van der Waals surface area contributed by atoms with Gasteiger partial charge in [-0.05, 0) is 35.1 Å². The number of benzene rings is 2. The molecular formula is C20H24O2. The number of ether oxygens (including phenoxy) is 2. The van der Waals surface area contributed by atoms with Crippen molar-refractivity contribution in [2.24, 2.45) is 0 Å². The summed E-state index contributed by atoms with van der Waals surface area (Å²) in [6.07, 6.45) is 2.42. The van der Waals surface area contributed by atoms with Crippen molar-refractivity contribution in [1.82, 2.24) is 0 Å². The SMILES string of the molecule is CCc1ccc(-c2ccc(C3COC(CC)CO3)cc2)cc1. The quantitative estimate of drug-likeness (QED) is 0.808. The van der Waals surface area contributed by atoms with Gasteiger partial charge in [-0.2, -0.15) is 0 Å². The summed E-state index contributed by atoms with van der Waals surface area (Å²) in [6.45, 7) is 5.66. The Balaban J connectivity index is 1.69. The zero-order chi connectivity index (χ0) is 15.4. The fourth-order valence-corrected chi connectivity index (χ4v) is 2.79. The highest BCUT2D eigenvalue weighted by atomic mass is 16.6. The van der Waals surface area contributed by atoms with Crippen LogP contribution in [0.1, 0.15) is 37.5 Å². The van der Waals surface area contributed by atoms with E-state index in [1.165, 1.54) is 22.3 Å². The smallest absolute Gasteiger partial charge is 0.106 e. The summed E-state index contributed by atoms with van der Waals surface area (Å²) < 4.78 is 11.7. The molecule has 22 heavy (non-hydrogen) atoms. The molecule has 0 aliphatic carbocycles. The summed E-state index contributed by atoms with van der Waals surface area (Å²) in [6, 6.07) is 17.4. The minimum absolute atomic E-state index is 0.0688. The van der Waals surface area contributed by atoms with Gasteiger partial charge < -0.3 is 9.47 Å². The second-order valence-electron chi connectivity index (χ2n) is 5.86.